The summed E-state index contributed by atoms with van der Waals surface area (Å²) in [5.74, 6) is 1.85. The molecule has 29 heavy (non-hydrogen) atoms. The van der Waals surface area contributed by atoms with Crippen molar-refractivity contribution in [2.45, 2.75) is 142 Å². The first-order chi connectivity index (χ1) is 12.2. The van der Waals surface area contributed by atoms with Crippen LogP contribution in [0.1, 0.15) is 131 Å². The molecule has 1 rings (SSSR count). The van der Waals surface area contributed by atoms with Gasteiger partial charge in [-0.25, -0.2) is 0 Å². The van der Waals surface area contributed by atoms with E-state index in [1.807, 2.05) is 55.4 Å². The van der Waals surface area contributed by atoms with Gasteiger partial charge in [-0.3, -0.25) is 0 Å². The van der Waals surface area contributed by atoms with E-state index in [-0.39, 0.29) is 16.9 Å². The van der Waals surface area contributed by atoms with E-state index in [4.69, 9.17) is 5.11 Å². The van der Waals surface area contributed by atoms with Crippen molar-refractivity contribution in [1.82, 2.24) is 0 Å². The normalized spacial score (nSPS) is 16.6. The molecule has 0 radical (unpaired) electrons. The Morgan fingerprint density at radius 1 is 0.621 bits per heavy atom. The largest absolute Gasteiger partial charge is 0.393 e. The molecular formula is C27H60O2. The summed E-state index contributed by atoms with van der Waals surface area (Å²) in [6, 6.07) is 0. The molecule has 0 spiro atoms. The first kappa shape index (κ1) is 33.6. The molecule has 1 atom stereocenters. The first-order valence-electron chi connectivity index (χ1n) is 11.6. The second-order valence-corrected chi connectivity index (χ2v) is 14.0. The Morgan fingerprint density at radius 3 is 0.828 bits per heavy atom. The highest BCUT2D eigenvalue weighted by molar-refractivity contribution is 4.84. The summed E-state index contributed by atoms with van der Waals surface area (Å²) in [4.78, 5) is 0. The minimum absolute atomic E-state index is 0.00694. The number of hydrogen-bond acceptors (Lipinski definition) is 2. The van der Waals surface area contributed by atoms with Crippen molar-refractivity contribution >= 4 is 0 Å². The summed E-state index contributed by atoms with van der Waals surface area (Å²) in [6.07, 6.45) is 2.75. The van der Waals surface area contributed by atoms with Crippen molar-refractivity contribution in [3.05, 3.63) is 0 Å². The van der Waals surface area contributed by atoms with E-state index < -0.39 is 5.60 Å². The molecule has 0 aromatic rings. The van der Waals surface area contributed by atoms with Crippen LogP contribution in [0.4, 0.5) is 0 Å². The Labute approximate surface area is 186 Å². The minimum atomic E-state index is -0.562. The van der Waals surface area contributed by atoms with Crippen LogP contribution in [-0.4, -0.2) is 21.9 Å². The van der Waals surface area contributed by atoms with Crippen LogP contribution in [0.3, 0.4) is 0 Å². The topological polar surface area (TPSA) is 40.5 Å². The number of hydrogen-bond donors (Lipinski definition) is 2. The molecule has 180 valence electrons. The first-order valence-corrected chi connectivity index (χ1v) is 11.6. The second kappa shape index (κ2) is 12.1. The number of aliphatic hydroxyl groups is 2. The zero-order valence-electron chi connectivity index (χ0n) is 23.5. The van der Waals surface area contributed by atoms with E-state index in [9.17, 15) is 5.11 Å². The lowest BCUT2D eigenvalue weighted by molar-refractivity contribution is -0.0238. The Hall–Kier alpha value is -0.0800. The highest BCUT2D eigenvalue weighted by Gasteiger charge is 2.33. The van der Waals surface area contributed by atoms with Crippen molar-refractivity contribution in [2.24, 2.45) is 33.5 Å². The standard InChI is InChI=1S/C7H16O.C7H14.C7H16.C6H14O/c1-6(2,3)7(4,5)8;1-7(2,3)6-4-5-6;1-6(2)7(3,4)5;1-5(7)6(2,3)4/h8H,1-5H3;6H,4-5H2,1-3H3;6H,1-5H3;5,7H,1-4H3. The van der Waals surface area contributed by atoms with Gasteiger partial charge in [-0.15, -0.1) is 0 Å². The lowest BCUT2D eigenvalue weighted by Gasteiger charge is -2.33. The van der Waals surface area contributed by atoms with Crippen molar-refractivity contribution < 1.29 is 10.2 Å². The lowest BCUT2D eigenvalue weighted by Crippen LogP contribution is -2.35. The zero-order chi connectivity index (χ0) is 24.6. The Morgan fingerprint density at radius 2 is 0.828 bits per heavy atom. The molecule has 0 aliphatic heterocycles. The summed E-state index contributed by atoms with van der Waals surface area (Å²) >= 11 is 0. The van der Waals surface area contributed by atoms with Crippen LogP contribution >= 0.6 is 0 Å². The molecule has 0 bridgehead atoms. The van der Waals surface area contributed by atoms with Crippen molar-refractivity contribution in [3.8, 4) is 0 Å². The molecule has 2 N–H and O–H groups in total. The highest BCUT2D eigenvalue weighted by atomic mass is 16.3. The quantitative estimate of drug-likeness (QED) is 0.416. The third-order valence-electron chi connectivity index (χ3n) is 6.62. The maximum atomic E-state index is 9.35. The fraction of sp³-hybridized carbons (Fsp3) is 1.00. The highest BCUT2D eigenvalue weighted by Crippen LogP contribution is 2.44. The average molecular weight is 417 g/mol. The molecule has 1 unspecified atom stereocenters. The summed E-state index contributed by atoms with van der Waals surface area (Å²) in [7, 11) is 0. The van der Waals surface area contributed by atoms with Crippen LogP contribution in [0.2, 0.25) is 0 Å². The van der Waals surface area contributed by atoms with Gasteiger partial charge in [0.2, 0.25) is 0 Å². The molecule has 1 aliphatic carbocycles. The van der Waals surface area contributed by atoms with Crippen LogP contribution in [0, 0.1) is 33.5 Å². The van der Waals surface area contributed by atoms with Gasteiger partial charge in [0, 0.05) is 0 Å². The van der Waals surface area contributed by atoms with E-state index in [1.165, 1.54) is 12.8 Å². The predicted molar refractivity (Wildman–Crippen MR) is 133 cm³/mol. The van der Waals surface area contributed by atoms with E-state index in [0.717, 1.165) is 11.8 Å². The van der Waals surface area contributed by atoms with Gasteiger partial charge in [-0.05, 0) is 67.1 Å². The number of rotatable bonds is 0. The van der Waals surface area contributed by atoms with Gasteiger partial charge < -0.3 is 10.2 Å². The molecule has 2 heteroatoms. The van der Waals surface area contributed by atoms with E-state index in [0.29, 0.717) is 10.8 Å². The summed E-state index contributed by atoms with van der Waals surface area (Å²) < 4.78 is 0. The van der Waals surface area contributed by atoms with E-state index in [2.05, 4.69) is 55.4 Å². The molecule has 0 aromatic carbocycles. The van der Waals surface area contributed by atoms with Crippen molar-refractivity contribution in [2.75, 3.05) is 0 Å². The molecule has 0 amide bonds. The van der Waals surface area contributed by atoms with Gasteiger partial charge in [0.1, 0.15) is 0 Å². The van der Waals surface area contributed by atoms with Crippen molar-refractivity contribution in [3.63, 3.8) is 0 Å². The Kier molecular flexibility index (Phi) is 14.0. The smallest absolute Gasteiger partial charge is 0.0639 e. The molecule has 1 fully saturated rings. The van der Waals surface area contributed by atoms with Crippen LogP contribution in [-0.2, 0) is 0 Å². The third-order valence-corrected chi connectivity index (χ3v) is 6.62. The average Bonchev–Trinajstić information content (AvgIpc) is 3.19. The van der Waals surface area contributed by atoms with Gasteiger partial charge in [0.05, 0.1) is 11.7 Å². The fourth-order valence-electron chi connectivity index (χ4n) is 0.949. The van der Waals surface area contributed by atoms with Gasteiger partial charge in [0.15, 0.2) is 0 Å². The predicted octanol–water partition coefficient (Wildman–Crippen LogP) is 8.35. The van der Waals surface area contributed by atoms with Gasteiger partial charge in [0.25, 0.3) is 0 Å². The molecule has 1 aliphatic rings. The molecule has 0 heterocycles. The summed E-state index contributed by atoms with van der Waals surface area (Å²) in [5, 5.41) is 18.2. The summed E-state index contributed by atoms with van der Waals surface area (Å²) in [6.45, 7) is 35.8. The van der Waals surface area contributed by atoms with Crippen LogP contribution < -0.4 is 0 Å². The fourth-order valence-corrected chi connectivity index (χ4v) is 0.949. The Bertz CT molecular complexity index is 348. The molecular weight excluding hydrogens is 356 g/mol. The van der Waals surface area contributed by atoms with Gasteiger partial charge in [-0.2, -0.15) is 0 Å². The van der Waals surface area contributed by atoms with Gasteiger partial charge >= 0.3 is 0 Å². The molecule has 1 saturated carbocycles. The second-order valence-electron chi connectivity index (χ2n) is 14.0. The van der Waals surface area contributed by atoms with Crippen LogP contribution in [0.25, 0.3) is 0 Å². The van der Waals surface area contributed by atoms with Crippen LogP contribution in [0.5, 0.6) is 0 Å². The Balaban J connectivity index is -0.000000311. The lowest BCUT2D eigenvalue weighted by atomic mass is 9.79. The third kappa shape index (κ3) is 21.0. The summed E-state index contributed by atoms with van der Waals surface area (Å²) in [5.41, 5.74) is 0.597. The SMILES string of the molecule is CC(C)(C)C(C)(C)O.CC(C)(C)C1CC1.CC(C)C(C)(C)C.CC(O)C(C)(C)C. The monoisotopic (exact) mass is 416 g/mol. The zero-order valence-corrected chi connectivity index (χ0v) is 23.5. The maximum Gasteiger partial charge on any atom is 0.0639 e. The van der Waals surface area contributed by atoms with E-state index in [1.54, 1.807) is 6.92 Å². The van der Waals surface area contributed by atoms with Crippen LogP contribution in [0.15, 0.2) is 0 Å². The molecule has 2 nitrogen and oxygen atoms in total. The molecule has 0 aromatic heterocycles. The van der Waals surface area contributed by atoms with Gasteiger partial charge in [-0.1, -0.05) is 96.9 Å². The maximum absolute atomic E-state index is 9.35. The van der Waals surface area contributed by atoms with E-state index >= 15 is 0 Å². The van der Waals surface area contributed by atoms with Crippen molar-refractivity contribution in [1.29, 1.82) is 0 Å². The number of aliphatic hydroxyl groups excluding tert-OH is 1. The minimum Gasteiger partial charge on any atom is -0.393 e. The molecule has 0 saturated heterocycles.